The number of sulfonamides is 1. The van der Waals surface area contributed by atoms with Gasteiger partial charge in [0.05, 0.1) is 18.9 Å². The predicted molar refractivity (Wildman–Crippen MR) is 79.2 cm³/mol. The van der Waals surface area contributed by atoms with E-state index in [0.29, 0.717) is 6.54 Å². The molecular formula is C13H25N3O4S. The highest BCUT2D eigenvalue weighted by atomic mass is 32.2. The summed E-state index contributed by atoms with van der Waals surface area (Å²) in [6.45, 7) is 1.38. The molecule has 122 valence electrons. The second-order valence-corrected chi connectivity index (χ2v) is 8.22. The van der Waals surface area contributed by atoms with E-state index >= 15 is 0 Å². The largest absolute Gasteiger partial charge is 0.392 e. The van der Waals surface area contributed by atoms with Crippen LogP contribution in [0.5, 0.6) is 0 Å². The van der Waals surface area contributed by atoms with Gasteiger partial charge in [0.25, 0.3) is 0 Å². The van der Waals surface area contributed by atoms with Crippen molar-refractivity contribution in [2.45, 2.75) is 43.9 Å². The molecule has 1 amide bonds. The van der Waals surface area contributed by atoms with Crippen molar-refractivity contribution in [2.24, 2.45) is 0 Å². The molecule has 1 unspecified atom stereocenters. The van der Waals surface area contributed by atoms with Gasteiger partial charge in [0.1, 0.15) is 0 Å². The maximum absolute atomic E-state index is 12.0. The summed E-state index contributed by atoms with van der Waals surface area (Å²) in [5.41, 5.74) is 0. The Morgan fingerprint density at radius 2 is 2.10 bits per heavy atom. The number of amides is 1. The minimum atomic E-state index is -3.34. The van der Waals surface area contributed by atoms with E-state index in [0.717, 1.165) is 42.8 Å². The van der Waals surface area contributed by atoms with Gasteiger partial charge in [-0.25, -0.2) is 8.42 Å². The normalized spacial score (nSPS) is 31.0. The molecule has 1 aliphatic carbocycles. The van der Waals surface area contributed by atoms with Gasteiger partial charge in [0, 0.05) is 32.2 Å². The number of β-amino-alcohol motifs (C(OH)–C–C–N with tert-alkyl or cyclic N) is 1. The molecule has 0 spiro atoms. The summed E-state index contributed by atoms with van der Waals surface area (Å²) in [5, 5.41) is 12.6. The third kappa shape index (κ3) is 4.38. The lowest BCUT2D eigenvalue weighted by atomic mass is 10.1. The number of rotatable bonds is 5. The van der Waals surface area contributed by atoms with Crippen molar-refractivity contribution in [3.63, 3.8) is 0 Å². The zero-order valence-electron chi connectivity index (χ0n) is 12.7. The Hall–Kier alpha value is -0.700. The molecule has 2 rings (SSSR count). The summed E-state index contributed by atoms with van der Waals surface area (Å²) in [7, 11) is -1.94. The number of hydrogen-bond acceptors (Lipinski definition) is 5. The zero-order valence-corrected chi connectivity index (χ0v) is 13.5. The number of carbonyl (C=O) groups excluding carboxylic acids is 1. The number of nitrogens with zero attached hydrogens (tertiary/aromatic N) is 2. The molecule has 2 N–H and O–H groups in total. The van der Waals surface area contributed by atoms with E-state index in [1.165, 1.54) is 7.05 Å². The van der Waals surface area contributed by atoms with Crippen LogP contribution >= 0.6 is 0 Å². The molecule has 0 radical (unpaired) electrons. The molecule has 7 nitrogen and oxygen atoms in total. The summed E-state index contributed by atoms with van der Waals surface area (Å²) in [4.78, 5) is 14.2. The second-order valence-electron chi connectivity index (χ2n) is 6.13. The Morgan fingerprint density at radius 1 is 1.38 bits per heavy atom. The first-order valence-electron chi connectivity index (χ1n) is 7.40. The van der Waals surface area contributed by atoms with Gasteiger partial charge in [0.15, 0.2) is 0 Å². The van der Waals surface area contributed by atoms with Crippen LogP contribution in [0.3, 0.4) is 0 Å². The average molecular weight is 319 g/mol. The highest BCUT2D eigenvalue weighted by molar-refractivity contribution is 7.88. The van der Waals surface area contributed by atoms with Crippen LogP contribution < -0.4 is 5.32 Å². The lowest BCUT2D eigenvalue weighted by Crippen LogP contribution is -2.50. The molecule has 0 aromatic rings. The Kier molecular flexibility index (Phi) is 5.24. The highest BCUT2D eigenvalue weighted by Gasteiger charge is 2.36. The predicted octanol–water partition coefficient (Wildman–Crippen LogP) is -1.02. The van der Waals surface area contributed by atoms with Gasteiger partial charge in [-0.05, 0) is 25.7 Å². The van der Waals surface area contributed by atoms with Gasteiger partial charge in [-0.2, -0.15) is 4.31 Å². The third-order valence-electron chi connectivity index (χ3n) is 4.42. The summed E-state index contributed by atoms with van der Waals surface area (Å²) in [6, 6.07) is 0.311. The lowest BCUT2D eigenvalue weighted by Gasteiger charge is -2.30. The number of aliphatic hydroxyl groups excluding tert-OH is 1. The molecule has 0 aromatic carbocycles. The first-order valence-corrected chi connectivity index (χ1v) is 9.25. The fourth-order valence-electron chi connectivity index (χ4n) is 3.19. The van der Waals surface area contributed by atoms with E-state index < -0.39 is 10.0 Å². The number of carbonyl (C=O) groups is 1. The number of nitrogens with one attached hydrogen (secondary N) is 1. The van der Waals surface area contributed by atoms with E-state index in [4.69, 9.17) is 0 Å². The Labute approximate surface area is 126 Å². The molecule has 2 fully saturated rings. The minimum Gasteiger partial charge on any atom is -0.392 e. The fourth-order valence-corrected chi connectivity index (χ4v) is 3.54. The minimum absolute atomic E-state index is 0.0516. The standard InChI is InChI=1S/C13H25N3O4S/c1-15(21(2,19)20)9-13(18)14-11-4-3-5-12(11)16-7-6-10(17)8-16/h10-12,17H,3-9H2,1-2H3,(H,14,18)/t10?,11-,12+/m1/s1. The molecule has 2 aliphatic rings. The van der Waals surface area contributed by atoms with E-state index in [9.17, 15) is 18.3 Å². The van der Waals surface area contributed by atoms with Gasteiger partial charge in [-0.1, -0.05) is 0 Å². The Bertz CT molecular complexity index is 482. The summed E-state index contributed by atoms with van der Waals surface area (Å²) in [6.07, 6.45) is 4.58. The van der Waals surface area contributed by atoms with E-state index in [2.05, 4.69) is 10.2 Å². The average Bonchev–Trinajstić information content (AvgIpc) is 2.96. The molecule has 0 bridgehead atoms. The number of hydrogen-bond donors (Lipinski definition) is 2. The van der Waals surface area contributed by atoms with Gasteiger partial charge in [-0.15, -0.1) is 0 Å². The van der Waals surface area contributed by atoms with Crippen LogP contribution in [0.15, 0.2) is 0 Å². The van der Waals surface area contributed by atoms with Crippen molar-refractivity contribution < 1.29 is 18.3 Å². The molecule has 21 heavy (non-hydrogen) atoms. The maximum atomic E-state index is 12.0. The molecule has 8 heteroatoms. The topological polar surface area (TPSA) is 89.9 Å². The highest BCUT2D eigenvalue weighted by Crippen LogP contribution is 2.27. The summed E-state index contributed by atoms with van der Waals surface area (Å²) >= 11 is 0. The Morgan fingerprint density at radius 3 is 2.67 bits per heavy atom. The van der Waals surface area contributed by atoms with Gasteiger partial charge < -0.3 is 10.4 Å². The van der Waals surface area contributed by atoms with Crippen LogP contribution in [0.1, 0.15) is 25.7 Å². The van der Waals surface area contributed by atoms with Crippen LogP contribution in [0.2, 0.25) is 0 Å². The second kappa shape index (κ2) is 6.60. The van der Waals surface area contributed by atoms with Crippen molar-refractivity contribution in [2.75, 3.05) is 32.9 Å². The van der Waals surface area contributed by atoms with E-state index in [1.54, 1.807) is 0 Å². The lowest BCUT2D eigenvalue weighted by molar-refractivity contribution is -0.122. The summed E-state index contributed by atoms with van der Waals surface area (Å²) in [5.74, 6) is -0.264. The molecule has 1 heterocycles. The van der Waals surface area contributed by atoms with Crippen molar-refractivity contribution >= 4 is 15.9 Å². The van der Waals surface area contributed by atoms with E-state index in [1.807, 2.05) is 0 Å². The summed E-state index contributed by atoms with van der Waals surface area (Å²) < 4.78 is 23.7. The molecular weight excluding hydrogens is 294 g/mol. The van der Waals surface area contributed by atoms with Gasteiger partial charge >= 0.3 is 0 Å². The van der Waals surface area contributed by atoms with Crippen LogP contribution in [0, 0.1) is 0 Å². The number of aliphatic hydroxyl groups is 1. The quantitative estimate of drug-likeness (QED) is 0.677. The number of likely N-dealkylation sites (tertiary alicyclic amines) is 1. The molecule has 3 atom stereocenters. The monoisotopic (exact) mass is 319 g/mol. The SMILES string of the molecule is CN(CC(=O)N[C@@H]1CCC[C@@H]1N1CCC(O)C1)S(C)(=O)=O. The van der Waals surface area contributed by atoms with Crippen molar-refractivity contribution in [3.05, 3.63) is 0 Å². The van der Waals surface area contributed by atoms with Crippen molar-refractivity contribution in [1.82, 2.24) is 14.5 Å². The molecule has 1 aliphatic heterocycles. The first-order chi connectivity index (χ1) is 9.77. The molecule has 0 aromatic heterocycles. The van der Waals surface area contributed by atoms with Crippen LogP contribution in [0.4, 0.5) is 0 Å². The smallest absolute Gasteiger partial charge is 0.235 e. The van der Waals surface area contributed by atoms with E-state index in [-0.39, 0.29) is 30.6 Å². The fraction of sp³-hybridized carbons (Fsp3) is 0.923. The molecule has 1 saturated carbocycles. The van der Waals surface area contributed by atoms with Crippen LogP contribution in [0.25, 0.3) is 0 Å². The van der Waals surface area contributed by atoms with Crippen molar-refractivity contribution in [3.8, 4) is 0 Å². The molecule has 1 saturated heterocycles. The Balaban J connectivity index is 1.88. The third-order valence-corrected chi connectivity index (χ3v) is 5.68. The maximum Gasteiger partial charge on any atom is 0.235 e. The van der Waals surface area contributed by atoms with Gasteiger partial charge in [0.2, 0.25) is 15.9 Å². The van der Waals surface area contributed by atoms with Gasteiger partial charge in [-0.3, -0.25) is 9.69 Å². The van der Waals surface area contributed by atoms with Crippen molar-refractivity contribution in [1.29, 1.82) is 0 Å². The van der Waals surface area contributed by atoms with Crippen LogP contribution in [-0.2, 0) is 14.8 Å². The zero-order chi connectivity index (χ0) is 15.6. The first kappa shape index (κ1) is 16.7. The number of likely N-dealkylation sites (N-methyl/N-ethyl adjacent to an activating group) is 1. The van der Waals surface area contributed by atoms with Crippen LogP contribution in [-0.4, -0.2) is 79.8 Å².